The molecule has 0 radical (unpaired) electrons. The smallest absolute Gasteiger partial charge is 0.0872 e. The van der Waals surface area contributed by atoms with E-state index >= 15 is 0 Å². The van der Waals surface area contributed by atoms with Crippen LogP contribution in [0.5, 0.6) is 0 Å². The Labute approximate surface area is 175 Å². The summed E-state index contributed by atoms with van der Waals surface area (Å²) in [5.41, 5.74) is 3.54. The van der Waals surface area contributed by atoms with Crippen molar-refractivity contribution >= 4 is 17.0 Å². The molecule has 0 aromatic carbocycles. The van der Waals surface area contributed by atoms with Gasteiger partial charge in [0.25, 0.3) is 0 Å². The molecule has 1 N–H and O–H groups in total. The van der Waals surface area contributed by atoms with E-state index in [9.17, 15) is 5.11 Å². The Morgan fingerprint density at radius 3 is 2.50 bits per heavy atom. The predicted octanol–water partition coefficient (Wildman–Crippen LogP) is 5.91. The van der Waals surface area contributed by atoms with Crippen LogP contribution in [0.1, 0.15) is 88.0 Å². The lowest BCUT2D eigenvalue weighted by Crippen LogP contribution is -2.60. The molecule has 1 aliphatic heterocycles. The Morgan fingerprint density at radius 2 is 1.93 bits per heavy atom. The van der Waals surface area contributed by atoms with Gasteiger partial charge in [-0.15, -0.1) is 11.3 Å². The van der Waals surface area contributed by atoms with Crippen LogP contribution in [-0.4, -0.2) is 41.0 Å². The lowest BCUT2D eigenvalue weighted by molar-refractivity contribution is -0.0758. The summed E-state index contributed by atoms with van der Waals surface area (Å²) in [6.45, 7) is 15.5. The van der Waals surface area contributed by atoms with Gasteiger partial charge in [0.15, 0.2) is 0 Å². The average molecular weight is 403 g/mol. The highest BCUT2D eigenvalue weighted by Gasteiger charge is 2.37. The summed E-state index contributed by atoms with van der Waals surface area (Å²) in [4.78, 5) is 10.2. The number of rotatable bonds is 6. The van der Waals surface area contributed by atoms with Gasteiger partial charge in [0.2, 0.25) is 0 Å². The molecule has 0 bridgehead atoms. The minimum atomic E-state index is -0.539. The Balaban J connectivity index is 1.82. The fraction of sp³-hybridized carbons (Fsp3) is 0.708. The zero-order chi connectivity index (χ0) is 20.5. The first kappa shape index (κ1) is 21.7. The molecule has 2 heterocycles. The topological polar surface area (TPSA) is 35.8 Å². The number of hydrogen-bond donors (Lipinski definition) is 1. The van der Waals surface area contributed by atoms with Crippen molar-refractivity contribution in [1.29, 1.82) is 0 Å². The predicted molar refractivity (Wildman–Crippen MR) is 122 cm³/mol. The molecule has 0 amide bonds. The molecular formula is C24H38N2OS. The van der Waals surface area contributed by atoms with Crippen LogP contribution < -0.4 is 0 Å². The molecule has 3 rings (SSSR count). The van der Waals surface area contributed by atoms with Gasteiger partial charge in [-0.1, -0.05) is 26.8 Å². The Hall–Kier alpha value is -0.970. The third-order valence-electron chi connectivity index (χ3n) is 6.30. The number of nitrogens with zero attached hydrogens (tertiary/aromatic N) is 2. The number of allylic oxidation sites excluding steroid dienone is 2. The summed E-state index contributed by atoms with van der Waals surface area (Å²) in [5.74, 6) is 0.712. The van der Waals surface area contributed by atoms with E-state index in [1.165, 1.54) is 36.1 Å². The highest BCUT2D eigenvalue weighted by molar-refractivity contribution is 7.12. The van der Waals surface area contributed by atoms with E-state index in [2.05, 4.69) is 51.7 Å². The number of β-amino-alcohol motifs (C(OH)–C–C–N with tert-alkyl or cyclic N) is 1. The number of likely N-dealkylation sites (tertiary alicyclic amines) is 1. The monoisotopic (exact) mass is 402 g/mol. The second kappa shape index (κ2) is 8.41. The molecule has 156 valence electrons. The van der Waals surface area contributed by atoms with Crippen LogP contribution in [0.4, 0.5) is 0 Å². The molecule has 1 aliphatic carbocycles. The molecule has 3 nitrogen and oxygen atoms in total. The van der Waals surface area contributed by atoms with Gasteiger partial charge in [0, 0.05) is 40.6 Å². The van der Waals surface area contributed by atoms with Gasteiger partial charge in [0.05, 0.1) is 11.3 Å². The maximum Gasteiger partial charge on any atom is 0.0872 e. The molecule has 1 aromatic heterocycles. The number of aliphatic hydroxyl groups is 1. The lowest BCUT2D eigenvalue weighted by Gasteiger charge is -2.44. The zero-order valence-electron chi connectivity index (χ0n) is 18.6. The van der Waals surface area contributed by atoms with Gasteiger partial charge in [-0.25, -0.2) is 0 Å². The normalized spacial score (nSPS) is 23.7. The molecule has 0 spiro atoms. The van der Waals surface area contributed by atoms with Crippen LogP contribution in [0.25, 0.3) is 0 Å². The Kier molecular flexibility index (Phi) is 6.53. The van der Waals surface area contributed by atoms with Gasteiger partial charge in [0.1, 0.15) is 0 Å². The highest BCUT2D eigenvalue weighted by atomic mass is 32.1. The number of aliphatic imine (C=N–C) groups is 1. The maximum absolute atomic E-state index is 10.1. The first-order valence-electron chi connectivity index (χ1n) is 10.9. The van der Waals surface area contributed by atoms with Gasteiger partial charge in [-0.05, 0) is 70.3 Å². The molecule has 4 heteroatoms. The van der Waals surface area contributed by atoms with Crippen LogP contribution in [0.3, 0.4) is 0 Å². The van der Waals surface area contributed by atoms with Gasteiger partial charge in [-0.2, -0.15) is 0 Å². The first-order chi connectivity index (χ1) is 13.1. The van der Waals surface area contributed by atoms with E-state index < -0.39 is 5.60 Å². The first-order valence-corrected chi connectivity index (χ1v) is 11.7. The van der Waals surface area contributed by atoms with E-state index in [-0.39, 0.29) is 0 Å². The zero-order valence-corrected chi connectivity index (χ0v) is 19.5. The summed E-state index contributed by atoms with van der Waals surface area (Å²) in [6.07, 6.45) is 8.47. The second-order valence-corrected chi connectivity index (χ2v) is 11.3. The maximum atomic E-state index is 10.1. The molecule has 0 atom stereocenters. The average Bonchev–Trinajstić information content (AvgIpc) is 2.94. The molecule has 1 saturated heterocycles. The summed E-state index contributed by atoms with van der Waals surface area (Å²) in [6, 6.07) is 2.43. The van der Waals surface area contributed by atoms with Crippen LogP contribution in [0.15, 0.2) is 22.8 Å². The quantitative estimate of drug-likeness (QED) is 0.600. The fourth-order valence-corrected chi connectivity index (χ4v) is 5.87. The van der Waals surface area contributed by atoms with Crippen molar-refractivity contribution in [3.05, 3.63) is 33.2 Å². The van der Waals surface area contributed by atoms with Crippen LogP contribution >= 0.6 is 11.3 Å². The molecule has 28 heavy (non-hydrogen) atoms. The number of hydrogen-bond acceptors (Lipinski definition) is 4. The van der Waals surface area contributed by atoms with E-state index in [0.717, 1.165) is 37.5 Å². The third kappa shape index (κ3) is 5.34. The fourth-order valence-electron chi connectivity index (χ4n) is 4.65. The minimum absolute atomic E-state index is 0.509. The van der Waals surface area contributed by atoms with Crippen molar-refractivity contribution in [2.45, 2.75) is 85.2 Å². The number of thiophene rings is 1. The highest BCUT2D eigenvalue weighted by Crippen LogP contribution is 2.44. The van der Waals surface area contributed by atoms with E-state index in [1.807, 2.05) is 18.3 Å². The van der Waals surface area contributed by atoms with Crippen molar-refractivity contribution in [2.75, 3.05) is 19.6 Å². The minimum Gasteiger partial charge on any atom is -0.388 e. The van der Waals surface area contributed by atoms with E-state index in [1.54, 1.807) is 4.88 Å². The van der Waals surface area contributed by atoms with E-state index in [0.29, 0.717) is 11.3 Å². The molecule has 1 saturated carbocycles. The van der Waals surface area contributed by atoms with Crippen LogP contribution in [0.2, 0.25) is 0 Å². The molecule has 2 aliphatic rings. The second-order valence-electron chi connectivity index (χ2n) is 10.0. The van der Waals surface area contributed by atoms with Gasteiger partial charge >= 0.3 is 0 Å². The SMILES string of the molecule is CC/C=C(/C)N=C(CN1CC(C)(O)C1)c1cc(C2CCC(C)(C)CC2)sc1C. The summed E-state index contributed by atoms with van der Waals surface area (Å²) < 4.78 is 0. The van der Waals surface area contributed by atoms with Crippen molar-refractivity contribution in [2.24, 2.45) is 10.4 Å². The van der Waals surface area contributed by atoms with Crippen molar-refractivity contribution < 1.29 is 5.11 Å². The lowest BCUT2D eigenvalue weighted by atomic mass is 9.73. The standard InChI is InChI=1S/C24H38N2OS/c1-7-8-17(2)25-21(14-26-15-24(6,27)16-26)20-13-22(28-18(20)3)19-9-11-23(4,5)12-10-19/h8,13,19,27H,7,9-12,14-16H2,1-6H3/b17-8-,25-21?. The summed E-state index contributed by atoms with van der Waals surface area (Å²) in [7, 11) is 0. The van der Waals surface area contributed by atoms with Crippen LogP contribution in [0, 0.1) is 12.3 Å². The molecular weight excluding hydrogens is 364 g/mol. The molecule has 2 fully saturated rings. The van der Waals surface area contributed by atoms with E-state index in [4.69, 9.17) is 4.99 Å². The van der Waals surface area contributed by atoms with Crippen molar-refractivity contribution in [3.63, 3.8) is 0 Å². The third-order valence-corrected chi connectivity index (χ3v) is 7.51. The van der Waals surface area contributed by atoms with Crippen LogP contribution in [-0.2, 0) is 0 Å². The summed E-state index contributed by atoms with van der Waals surface area (Å²) >= 11 is 1.97. The molecule has 1 aromatic rings. The Morgan fingerprint density at radius 1 is 1.29 bits per heavy atom. The van der Waals surface area contributed by atoms with Gasteiger partial charge < -0.3 is 5.11 Å². The van der Waals surface area contributed by atoms with Crippen molar-refractivity contribution in [1.82, 2.24) is 4.90 Å². The Bertz CT molecular complexity index is 739. The molecule has 0 unspecified atom stereocenters. The number of aryl methyl sites for hydroxylation is 1. The largest absolute Gasteiger partial charge is 0.388 e. The van der Waals surface area contributed by atoms with Crippen molar-refractivity contribution in [3.8, 4) is 0 Å². The van der Waals surface area contributed by atoms with Gasteiger partial charge in [-0.3, -0.25) is 9.89 Å². The summed E-state index contributed by atoms with van der Waals surface area (Å²) in [5, 5.41) is 10.1.